The number of nitrogens with one attached hydrogen (secondary N) is 3. The molecule has 29 heavy (non-hydrogen) atoms. The van der Waals surface area contributed by atoms with Gasteiger partial charge in [0.15, 0.2) is 5.96 Å². The van der Waals surface area contributed by atoms with Crippen LogP contribution in [-0.4, -0.2) is 35.7 Å². The summed E-state index contributed by atoms with van der Waals surface area (Å²) < 4.78 is 5.24. The Morgan fingerprint density at radius 1 is 1.17 bits per heavy atom. The molecule has 156 valence electrons. The Morgan fingerprint density at radius 3 is 2.72 bits per heavy atom. The van der Waals surface area contributed by atoms with Gasteiger partial charge in [-0.15, -0.1) is 0 Å². The molecule has 0 atom stereocenters. The van der Waals surface area contributed by atoms with Crippen LogP contribution in [0.4, 0.5) is 0 Å². The van der Waals surface area contributed by atoms with Gasteiger partial charge in [-0.25, -0.2) is 4.99 Å². The van der Waals surface area contributed by atoms with Gasteiger partial charge < -0.3 is 25.5 Å². The van der Waals surface area contributed by atoms with Crippen molar-refractivity contribution in [1.29, 1.82) is 0 Å². The van der Waals surface area contributed by atoms with Gasteiger partial charge in [-0.1, -0.05) is 12.1 Å². The zero-order valence-electron chi connectivity index (χ0n) is 16.9. The quantitative estimate of drug-likeness (QED) is 0.424. The van der Waals surface area contributed by atoms with E-state index < -0.39 is 0 Å². The number of aliphatic hydroxyl groups excluding tert-OH is 1. The summed E-state index contributed by atoms with van der Waals surface area (Å²) in [5.41, 5.74) is 1.57. The fourth-order valence-electron chi connectivity index (χ4n) is 3.40. The summed E-state index contributed by atoms with van der Waals surface area (Å²) in [7, 11) is 0. The smallest absolute Gasteiger partial charge is 0.251 e. The first-order valence-corrected chi connectivity index (χ1v) is 10.3. The number of rotatable bonds is 7. The van der Waals surface area contributed by atoms with Crippen LogP contribution in [0.2, 0.25) is 0 Å². The lowest BCUT2D eigenvalue weighted by Gasteiger charge is -2.27. The fourth-order valence-corrected chi connectivity index (χ4v) is 3.40. The van der Waals surface area contributed by atoms with E-state index in [0.717, 1.165) is 49.5 Å². The zero-order chi connectivity index (χ0) is 20.5. The third-order valence-electron chi connectivity index (χ3n) is 4.99. The van der Waals surface area contributed by atoms with Crippen molar-refractivity contribution in [2.45, 2.75) is 57.8 Å². The summed E-state index contributed by atoms with van der Waals surface area (Å²) in [4.78, 5) is 17.1. The minimum Gasteiger partial charge on any atom is -0.467 e. The van der Waals surface area contributed by atoms with Crippen LogP contribution in [-0.2, 0) is 13.1 Å². The van der Waals surface area contributed by atoms with Crippen molar-refractivity contribution < 1.29 is 14.3 Å². The Kier molecular flexibility index (Phi) is 7.69. The lowest BCUT2D eigenvalue weighted by Crippen LogP contribution is -2.45. The monoisotopic (exact) mass is 398 g/mol. The molecule has 0 unspecified atom stereocenters. The van der Waals surface area contributed by atoms with Crippen LogP contribution in [0.15, 0.2) is 52.1 Å². The number of carbonyl (C=O) groups excluding carboxylic acids is 1. The van der Waals surface area contributed by atoms with E-state index in [-0.39, 0.29) is 12.0 Å². The lowest BCUT2D eigenvalue weighted by molar-refractivity contribution is 0.0948. The van der Waals surface area contributed by atoms with Crippen LogP contribution >= 0.6 is 0 Å². The Hall–Kier alpha value is -2.80. The van der Waals surface area contributed by atoms with Gasteiger partial charge in [0.1, 0.15) is 5.76 Å². The minimum absolute atomic E-state index is 0.141. The van der Waals surface area contributed by atoms with Gasteiger partial charge in [0.05, 0.1) is 25.5 Å². The second kappa shape index (κ2) is 10.7. The second-order valence-corrected chi connectivity index (χ2v) is 7.31. The van der Waals surface area contributed by atoms with E-state index in [1.165, 1.54) is 0 Å². The number of benzene rings is 1. The molecule has 3 rings (SSSR count). The lowest BCUT2D eigenvalue weighted by atomic mass is 9.93. The van der Waals surface area contributed by atoms with Crippen molar-refractivity contribution in [2.24, 2.45) is 4.99 Å². The van der Waals surface area contributed by atoms with Crippen LogP contribution in [0.5, 0.6) is 0 Å². The highest BCUT2D eigenvalue weighted by atomic mass is 16.3. The molecule has 7 heteroatoms. The first-order chi connectivity index (χ1) is 14.1. The first-order valence-electron chi connectivity index (χ1n) is 10.3. The summed E-state index contributed by atoms with van der Waals surface area (Å²) in [6.45, 7) is 3.64. The molecule has 1 saturated carbocycles. The number of amides is 1. The maximum atomic E-state index is 12.4. The third kappa shape index (κ3) is 6.64. The summed E-state index contributed by atoms with van der Waals surface area (Å²) in [5, 5.41) is 19.3. The van der Waals surface area contributed by atoms with Crippen molar-refractivity contribution in [3.05, 3.63) is 59.5 Å². The van der Waals surface area contributed by atoms with Crippen molar-refractivity contribution >= 4 is 11.9 Å². The molecule has 0 bridgehead atoms. The molecule has 4 N–H and O–H groups in total. The number of guanidine groups is 1. The molecule has 1 aliphatic carbocycles. The van der Waals surface area contributed by atoms with E-state index in [2.05, 4.69) is 20.9 Å². The van der Waals surface area contributed by atoms with Gasteiger partial charge in [0.2, 0.25) is 0 Å². The summed E-state index contributed by atoms with van der Waals surface area (Å²) in [5.74, 6) is 1.34. The average molecular weight is 399 g/mol. The molecular weight excluding hydrogens is 368 g/mol. The van der Waals surface area contributed by atoms with E-state index >= 15 is 0 Å². The number of aliphatic imine (C=N–C) groups is 1. The molecule has 0 aliphatic heterocycles. The predicted molar refractivity (Wildman–Crippen MR) is 113 cm³/mol. The van der Waals surface area contributed by atoms with Crippen molar-refractivity contribution in [2.75, 3.05) is 6.54 Å². The van der Waals surface area contributed by atoms with E-state index in [4.69, 9.17) is 4.42 Å². The largest absolute Gasteiger partial charge is 0.467 e. The maximum Gasteiger partial charge on any atom is 0.251 e. The van der Waals surface area contributed by atoms with Crippen LogP contribution in [0.3, 0.4) is 0 Å². The average Bonchev–Trinajstić information content (AvgIpc) is 3.26. The van der Waals surface area contributed by atoms with Gasteiger partial charge in [-0.05, 0) is 62.4 Å². The molecule has 2 aromatic rings. The Balaban J connectivity index is 1.57. The van der Waals surface area contributed by atoms with Gasteiger partial charge >= 0.3 is 0 Å². The fraction of sp³-hybridized carbons (Fsp3) is 0.455. The van der Waals surface area contributed by atoms with E-state index in [1.807, 2.05) is 31.2 Å². The highest BCUT2D eigenvalue weighted by Crippen LogP contribution is 2.18. The molecule has 1 aliphatic rings. The third-order valence-corrected chi connectivity index (χ3v) is 4.99. The van der Waals surface area contributed by atoms with Crippen LogP contribution in [0, 0.1) is 0 Å². The van der Waals surface area contributed by atoms with E-state index in [1.54, 1.807) is 18.4 Å². The molecule has 1 amide bonds. The molecule has 1 heterocycles. The second-order valence-electron chi connectivity index (χ2n) is 7.31. The van der Waals surface area contributed by atoms with Crippen LogP contribution in [0.25, 0.3) is 0 Å². The van der Waals surface area contributed by atoms with Crippen LogP contribution < -0.4 is 16.0 Å². The predicted octanol–water partition coefficient (Wildman–Crippen LogP) is 2.57. The van der Waals surface area contributed by atoms with Gasteiger partial charge in [-0.2, -0.15) is 0 Å². The number of hydrogen-bond acceptors (Lipinski definition) is 4. The molecular formula is C22H30N4O3. The number of hydrogen-bond donors (Lipinski definition) is 4. The normalized spacial score (nSPS) is 19.6. The summed E-state index contributed by atoms with van der Waals surface area (Å²) >= 11 is 0. The van der Waals surface area contributed by atoms with E-state index in [9.17, 15) is 9.90 Å². The summed E-state index contributed by atoms with van der Waals surface area (Å²) in [6, 6.07) is 11.4. The maximum absolute atomic E-state index is 12.4. The van der Waals surface area contributed by atoms with Crippen LogP contribution in [0.1, 0.15) is 54.3 Å². The molecule has 0 saturated heterocycles. The van der Waals surface area contributed by atoms with Gasteiger partial charge in [-0.3, -0.25) is 4.79 Å². The molecule has 1 fully saturated rings. The number of furan rings is 1. The van der Waals surface area contributed by atoms with Crippen molar-refractivity contribution in [3.8, 4) is 0 Å². The Bertz CT molecular complexity index is 796. The minimum atomic E-state index is -0.172. The highest BCUT2D eigenvalue weighted by Gasteiger charge is 2.20. The topological polar surface area (TPSA) is 98.9 Å². The molecule has 0 radical (unpaired) electrons. The number of aliphatic hydroxyl groups is 1. The number of nitrogens with zero attached hydrogens (tertiary/aromatic N) is 1. The zero-order valence-corrected chi connectivity index (χ0v) is 16.9. The van der Waals surface area contributed by atoms with Crippen molar-refractivity contribution in [1.82, 2.24) is 16.0 Å². The standard InChI is InChI=1S/C22H30N4O3/c1-2-23-22(26-18-8-10-19(27)11-9-18)25-14-16-5-3-6-17(13-16)21(28)24-15-20-7-4-12-29-20/h3-7,12-13,18-19,27H,2,8-11,14-15H2,1H3,(H,24,28)(H2,23,25,26). The summed E-state index contributed by atoms with van der Waals surface area (Å²) in [6.07, 6.45) is 4.95. The Labute approximate surface area is 171 Å². The molecule has 7 nitrogen and oxygen atoms in total. The molecule has 1 aromatic heterocycles. The highest BCUT2D eigenvalue weighted by molar-refractivity contribution is 5.94. The molecule has 0 spiro atoms. The van der Waals surface area contributed by atoms with Gasteiger partial charge in [0.25, 0.3) is 5.91 Å². The van der Waals surface area contributed by atoms with E-state index in [0.29, 0.717) is 24.7 Å². The SMILES string of the molecule is CCNC(=NCc1cccc(C(=O)NCc2ccco2)c1)NC1CCC(O)CC1. The molecule has 1 aromatic carbocycles. The number of carbonyl (C=O) groups is 1. The first kappa shape index (κ1) is 20.9. The van der Waals surface area contributed by atoms with Crippen molar-refractivity contribution in [3.63, 3.8) is 0 Å². The Morgan fingerprint density at radius 2 is 2.00 bits per heavy atom. The van der Waals surface area contributed by atoms with Gasteiger partial charge in [0, 0.05) is 18.2 Å².